The number of ketones is 1. The number of benzene rings is 2. The predicted molar refractivity (Wildman–Crippen MR) is 132 cm³/mol. The Morgan fingerprint density at radius 3 is 2.63 bits per heavy atom. The zero-order valence-electron chi connectivity index (χ0n) is 19.6. The molecule has 1 aromatic heterocycles. The van der Waals surface area contributed by atoms with E-state index in [0.29, 0.717) is 29.0 Å². The topological polar surface area (TPSA) is 85.3 Å². The number of rotatable bonds is 6. The van der Waals surface area contributed by atoms with E-state index in [1.807, 2.05) is 30.5 Å². The van der Waals surface area contributed by atoms with Gasteiger partial charge < -0.3 is 24.2 Å². The number of aliphatic hydroxyl groups is 1. The summed E-state index contributed by atoms with van der Waals surface area (Å²) in [4.78, 5) is 29.0. The molecule has 2 aliphatic rings. The van der Waals surface area contributed by atoms with E-state index in [-0.39, 0.29) is 24.0 Å². The number of likely N-dealkylation sites (tertiary alicyclic amines) is 1. The van der Waals surface area contributed by atoms with Crippen LogP contribution >= 0.6 is 11.3 Å². The zero-order valence-corrected chi connectivity index (χ0v) is 20.4. The van der Waals surface area contributed by atoms with E-state index in [0.717, 1.165) is 16.2 Å². The number of Topliss-reactive ketones (excluding diaryl/α,β-unsaturated/α-hetero) is 1. The smallest absolute Gasteiger partial charge is 0.295 e. The molecule has 3 aromatic rings. The lowest BCUT2D eigenvalue weighted by molar-refractivity contribution is -0.140. The predicted octanol–water partition coefficient (Wildman–Crippen LogP) is 4.71. The highest BCUT2D eigenvalue weighted by Gasteiger charge is 2.46. The van der Waals surface area contributed by atoms with Gasteiger partial charge in [-0.2, -0.15) is 0 Å². The third-order valence-corrected chi connectivity index (χ3v) is 7.20. The van der Waals surface area contributed by atoms with Crippen molar-refractivity contribution < 1.29 is 28.9 Å². The quantitative estimate of drug-likeness (QED) is 0.305. The molecule has 0 saturated carbocycles. The second kappa shape index (κ2) is 9.11. The highest BCUT2D eigenvalue weighted by atomic mass is 32.1. The van der Waals surface area contributed by atoms with E-state index in [4.69, 9.17) is 14.2 Å². The van der Waals surface area contributed by atoms with E-state index in [1.54, 1.807) is 37.4 Å². The lowest BCUT2D eigenvalue weighted by atomic mass is 9.94. The Kier molecular flexibility index (Phi) is 5.98. The van der Waals surface area contributed by atoms with Crippen LogP contribution in [-0.2, 0) is 22.6 Å². The minimum atomic E-state index is -0.791. The Balaban J connectivity index is 1.65. The highest BCUT2D eigenvalue weighted by Crippen LogP contribution is 2.43. The van der Waals surface area contributed by atoms with Crippen LogP contribution in [0.3, 0.4) is 0 Å². The SMILES string of the molecule is COc1ccc(C2/C(=C(\O)c3ccc4c(c3)CC(C)O4)C(=O)C(=O)N2Cc2cccs2)cc1OC. The molecule has 0 radical (unpaired) electrons. The highest BCUT2D eigenvalue weighted by molar-refractivity contribution is 7.09. The van der Waals surface area contributed by atoms with Gasteiger partial charge in [0.1, 0.15) is 17.6 Å². The number of carbonyl (C=O) groups excluding carboxylic acids is 2. The van der Waals surface area contributed by atoms with E-state index in [2.05, 4.69) is 0 Å². The van der Waals surface area contributed by atoms with Gasteiger partial charge in [-0.05, 0) is 59.8 Å². The van der Waals surface area contributed by atoms with Crippen molar-refractivity contribution >= 4 is 28.8 Å². The number of thiophene rings is 1. The lowest BCUT2D eigenvalue weighted by Gasteiger charge is -2.25. The molecule has 0 spiro atoms. The summed E-state index contributed by atoms with van der Waals surface area (Å²) < 4.78 is 16.6. The first-order chi connectivity index (χ1) is 16.9. The lowest BCUT2D eigenvalue weighted by Crippen LogP contribution is -2.28. The molecule has 1 fully saturated rings. The first-order valence-electron chi connectivity index (χ1n) is 11.2. The summed E-state index contributed by atoms with van der Waals surface area (Å²) in [5.41, 5.74) is 2.11. The summed E-state index contributed by atoms with van der Waals surface area (Å²) in [5.74, 6) is 0.180. The number of nitrogens with zero attached hydrogens (tertiary/aromatic N) is 1. The van der Waals surface area contributed by atoms with Crippen LogP contribution in [0.2, 0.25) is 0 Å². The fraction of sp³-hybridized carbons (Fsp3) is 0.259. The Morgan fingerprint density at radius 1 is 1.11 bits per heavy atom. The van der Waals surface area contributed by atoms with E-state index >= 15 is 0 Å². The summed E-state index contributed by atoms with van der Waals surface area (Å²) in [6.07, 6.45) is 0.757. The molecular weight excluding hydrogens is 466 g/mol. The number of fused-ring (bicyclic) bond motifs is 1. The summed E-state index contributed by atoms with van der Waals surface area (Å²) in [7, 11) is 3.07. The van der Waals surface area contributed by atoms with Gasteiger partial charge in [0.2, 0.25) is 0 Å². The summed E-state index contributed by atoms with van der Waals surface area (Å²) >= 11 is 1.50. The zero-order chi connectivity index (χ0) is 24.7. The minimum Gasteiger partial charge on any atom is -0.507 e. The molecule has 2 unspecified atom stereocenters. The monoisotopic (exact) mass is 491 g/mol. The third-order valence-electron chi connectivity index (χ3n) is 6.34. The fourth-order valence-electron chi connectivity index (χ4n) is 4.71. The van der Waals surface area contributed by atoms with Crippen LogP contribution < -0.4 is 14.2 Å². The second-order valence-corrected chi connectivity index (χ2v) is 9.61. The standard InChI is InChI=1S/C27H25NO6S/c1-15-11-18-12-17(7-8-20(18)34-15)25(29)23-24(16-6-9-21(32-2)22(13-16)33-3)28(27(31)26(23)30)14-19-5-4-10-35-19/h4-10,12-13,15,24,29H,11,14H2,1-3H3/b25-23+. The van der Waals surface area contributed by atoms with Crippen LogP contribution in [-0.4, -0.2) is 42.0 Å². The van der Waals surface area contributed by atoms with Gasteiger partial charge in [0.15, 0.2) is 11.5 Å². The Bertz CT molecular complexity index is 1330. The maximum Gasteiger partial charge on any atom is 0.295 e. The summed E-state index contributed by atoms with van der Waals surface area (Å²) in [6.45, 7) is 2.22. The number of amides is 1. The van der Waals surface area contributed by atoms with Crippen molar-refractivity contribution in [3.63, 3.8) is 0 Å². The van der Waals surface area contributed by atoms with E-state index in [1.165, 1.54) is 23.3 Å². The molecule has 35 heavy (non-hydrogen) atoms. The number of hydrogen-bond donors (Lipinski definition) is 1. The van der Waals surface area contributed by atoms with Crippen LogP contribution in [0.1, 0.15) is 34.5 Å². The first kappa shape index (κ1) is 23.0. The Labute approximate surface area is 207 Å². The fourth-order valence-corrected chi connectivity index (χ4v) is 5.41. The molecular formula is C27H25NO6S. The number of methoxy groups -OCH3 is 2. The van der Waals surface area contributed by atoms with Gasteiger partial charge in [0.05, 0.1) is 32.4 Å². The molecule has 180 valence electrons. The molecule has 1 saturated heterocycles. The van der Waals surface area contributed by atoms with Gasteiger partial charge in [-0.25, -0.2) is 0 Å². The summed E-state index contributed by atoms with van der Waals surface area (Å²) in [5, 5.41) is 13.3. The maximum atomic E-state index is 13.3. The average Bonchev–Trinajstić information content (AvgIpc) is 3.57. The molecule has 2 atom stereocenters. The van der Waals surface area contributed by atoms with Crippen LogP contribution in [0.15, 0.2) is 59.5 Å². The first-order valence-corrected chi connectivity index (χ1v) is 12.1. The number of ether oxygens (including phenoxy) is 3. The molecule has 0 bridgehead atoms. The minimum absolute atomic E-state index is 0.0468. The molecule has 0 aliphatic carbocycles. The molecule has 2 aromatic carbocycles. The Morgan fingerprint density at radius 2 is 1.91 bits per heavy atom. The van der Waals surface area contributed by atoms with Crippen LogP contribution in [0, 0.1) is 0 Å². The van der Waals surface area contributed by atoms with E-state index < -0.39 is 17.7 Å². The van der Waals surface area contributed by atoms with E-state index in [9.17, 15) is 14.7 Å². The van der Waals surface area contributed by atoms with Crippen molar-refractivity contribution in [1.82, 2.24) is 4.90 Å². The van der Waals surface area contributed by atoms with Gasteiger partial charge in [-0.15, -0.1) is 11.3 Å². The molecule has 7 nitrogen and oxygen atoms in total. The van der Waals surface area contributed by atoms with Crippen molar-refractivity contribution in [2.75, 3.05) is 14.2 Å². The van der Waals surface area contributed by atoms with Gasteiger partial charge in [-0.3, -0.25) is 9.59 Å². The molecule has 5 rings (SSSR count). The normalized spacial score (nSPS) is 20.6. The number of carbonyl (C=O) groups is 2. The van der Waals surface area contributed by atoms with Gasteiger partial charge >= 0.3 is 0 Å². The number of hydrogen-bond acceptors (Lipinski definition) is 7. The Hall–Kier alpha value is -3.78. The van der Waals surface area contributed by atoms with Gasteiger partial charge in [-0.1, -0.05) is 12.1 Å². The van der Waals surface area contributed by atoms with Crippen LogP contribution in [0.25, 0.3) is 5.76 Å². The van der Waals surface area contributed by atoms with Crippen molar-refractivity contribution in [2.24, 2.45) is 0 Å². The van der Waals surface area contributed by atoms with Crippen molar-refractivity contribution in [1.29, 1.82) is 0 Å². The van der Waals surface area contributed by atoms with Crippen molar-refractivity contribution in [3.8, 4) is 17.2 Å². The molecule has 2 aliphatic heterocycles. The average molecular weight is 492 g/mol. The maximum absolute atomic E-state index is 13.3. The van der Waals surface area contributed by atoms with Crippen LogP contribution in [0.4, 0.5) is 0 Å². The summed E-state index contributed by atoms with van der Waals surface area (Å²) in [6, 6.07) is 13.6. The number of aliphatic hydroxyl groups excluding tert-OH is 1. The largest absolute Gasteiger partial charge is 0.507 e. The molecule has 3 heterocycles. The molecule has 1 N–H and O–H groups in total. The molecule has 1 amide bonds. The van der Waals surface area contributed by atoms with Crippen molar-refractivity contribution in [3.05, 3.63) is 81.1 Å². The van der Waals surface area contributed by atoms with Gasteiger partial charge in [0, 0.05) is 16.9 Å². The second-order valence-electron chi connectivity index (χ2n) is 8.58. The van der Waals surface area contributed by atoms with Gasteiger partial charge in [0.25, 0.3) is 11.7 Å². The third kappa shape index (κ3) is 4.04. The van der Waals surface area contributed by atoms with Crippen LogP contribution in [0.5, 0.6) is 17.2 Å². The van der Waals surface area contributed by atoms with Crippen molar-refractivity contribution in [2.45, 2.75) is 32.0 Å². The molecule has 8 heteroatoms.